The molecule has 0 amide bonds. The molecule has 40 heavy (non-hydrogen) atoms. The zero-order chi connectivity index (χ0) is 29.5. The van der Waals surface area contributed by atoms with Crippen LogP contribution in [0, 0.1) is 0 Å². The zero-order valence-electron chi connectivity index (χ0n) is 24.3. The predicted octanol–water partition coefficient (Wildman–Crippen LogP) is 4.78. The minimum absolute atomic E-state index is 0.0251. The Morgan fingerprint density at radius 3 is 1.25 bits per heavy atom. The maximum absolute atomic E-state index is 12.9. The maximum Gasteiger partial charge on any atom is 0.208 e. The molecule has 0 aliphatic heterocycles. The van der Waals surface area contributed by atoms with Crippen molar-refractivity contribution in [2.24, 2.45) is 0 Å². The SMILES string of the molecule is CCOCOc1c(/C=C/C(=O)/C=C/c2cc(OC)c(OC)c(OC)c2OCOCC)cc(OC)c(OC)c1OC. The van der Waals surface area contributed by atoms with E-state index in [1.165, 1.54) is 54.8 Å². The Hall–Kier alpha value is -4.09. The van der Waals surface area contributed by atoms with E-state index in [9.17, 15) is 4.79 Å². The molecule has 0 aliphatic rings. The highest BCUT2D eigenvalue weighted by Crippen LogP contribution is 2.48. The summed E-state index contributed by atoms with van der Waals surface area (Å²) < 4.78 is 55.1. The molecule has 0 spiro atoms. The first kappa shape index (κ1) is 32.1. The molecule has 220 valence electrons. The summed E-state index contributed by atoms with van der Waals surface area (Å²) in [5, 5.41) is 0. The molecule has 11 heteroatoms. The number of hydrogen-bond donors (Lipinski definition) is 0. The molecule has 11 nitrogen and oxygen atoms in total. The molecule has 0 bridgehead atoms. The average molecular weight is 563 g/mol. The number of ether oxygens (including phenoxy) is 10. The molecular formula is C29H38O11. The van der Waals surface area contributed by atoms with Gasteiger partial charge in [-0.3, -0.25) is 4.79 Å². The van der Waals surface area contributed by atoms with E-state index in [4.69, 9.17) is 47.4 Å². The molecule has 0 radical (unpaired) electrons. The van der Waals surface area contributed by atoms with Gasteiger partial charge in [0.25, 0.3) is 0 Å². The van der Waals surface area contributed by atoms with Gasteiger partial charge in [0, 0.05) is 24.3 Å². The van der Waals surface area contributed by atoms with Gasteiger partial charge in [0.2, 0.25) is 23.0 Å². The summed E-state index contributed by atoms with van der Waals surface area (Å²) >= 11 is 0. The van der Waals surface area contributed by atoms with Gasteiger partial charge in [-0.25, -0.2) is 0 Å². The van der Waals surface area contributed by atoms with Crippen molar-refractivity contribution in [3.05, 3.63) is 35.4 Å². The van der Waals surface area contributed by atoms with Crippen molar-refractivity contribution in [2.75, 3.05) is 69.5 Å². The van der Waals surface area contributed by atoms with Gasteiger partial charge in [0.15, 0.2) is 42.4 Å². The van der Waals surface area contributed by atoms with Crippen molar-refractivity contribution in [2.45, 2.75) is 13.8 Å². The quantitative estimate of drug-likeness (QED) is 0.142. The average Bonchev–Trinajstić information content (AvgIpc) is 2.98. The minimum atomic E-state index is -0.325. The molecule has 0 unspecified atom stereocenters. The Kier molecular flexibility index (Phi) is 13.5. The van der Waals surface area contributed by atoms with Crippen LogP contribution in [0.4, 0.5) is 0 Å². The van der Waals surface area contributed by atoms with Crippen LogP contribution >= 0.6 is 0 Å². The first-order valence-electron chi connectivity index (χ1n) is 12.4. The minimum Gasteiger partial charge on any atom is -0.493 e. The van der Waals surface area contributed by atoms with Crippen LogP contribution in [0.2, 0.25) is 0 Å². The van der Waals surface area contributed by atoms with Crippen LogP contribution in [0.25, 0.3) is 12.2 Å². The number of carbonyl (C=O) groups excluding carboxylic acids is 1. The second kappa shape index (κ2) is 16.8. The third-order valence-corrected chi connectivity index (χ3v) is 5.46. The standard InChI is InChI=1S/C29H38O11/c1-9-37-17-39-24-19(15-22(31-3)26(33-5)28(24)35-7)11-13-21(30)14-12-20-16-23(32-4)27(34-6)29(36-8)25(20)40-18-38-10-2/h11-16H,9-10,17-18H2,1-8H3/b13-11+,14-12+. The number of methoxy groups -OCH3 is 6. The Labute approximate surface area is 235 Å². The number of carbonyl (C=O) groups is 1. The predicted molar refractivity (Wildman–Crippen MR) is 150 cm³/mol. The van der Waals surface area contributed by atoms with E-state index in [0.717, 1.165) is 0 Å². The van der Waals surface area contributed by atoms with Gasteiger partial charge in [-0.1, -0.05) is 0 Å². The molecule has 2 aromatic carbocycles. The van der Waals surface area contributed by atoms with Gasteiger partial charge in [-0.15, -0.1) is 0 Å². The fourth-order valence-corrected chi connectivity index (χ4v) is 3.61. The van der Waals surface area contributed by atoms with Crippen molar-refractivity contribution < 1.29 is 52.2 Å². The molecule has 0 atom stereocenters. The van der Waals surface area contributed by atoms with E-state index in [1.807, 2.05) is 13.8 Å². The maximum atomic E-state index is 12.9. The van der Waals surface area contributed by atoms with E-state index < -0.39 is 0 Å². The summed E-state index contributed by atoms with van der Waals surface area (Å²) in [5.74, 6) is 2.45. The molecule has 0 aliphatic carbocycles. The lowest BCUT2D eigenvalue weighted by Crippen LogP contribution is -2.06. The van der Waals surface area contributed by atoms with Crippen LogP contribution in [-0.4, -0.2) is 75.2 Å². The smallest absolute Gasteiger partial charge is 0.208 e. The summed E-state index contributed by atoms with van der Waals surface area (Å²) in [7, 11) is 8.95. The fourth-order valence-electron chi connectivity index (χ4n) is 3.61. The summed E-state index contributed by atoms with van der Waals surface area (Å²) in [5.41, 5.74) is 1.04. The second-order valence-electron chi connectivity index (χ2n) is 7.71. The topological polar surface area (TPSA) is 109 Å². The van der Waals surface area contributed by atoms with Gasteiger partial charge in [0.1, 0.15) is 0 Å². The van der Waals surface area contributed by atoms with Gasteiger partial charge in [-0.2, -0.15) is 0 Å². The Morgan fingerprint density at radius 2 is 0.950 bits per heavy atom. The lowest BCUT2D eigenvalue weighted by molar-refractivity contribution is -0.110. The first-order valence-corrected chi connectivity index (χ1v) is 12.4. The number of ketones is 1. The third-order valence-electron chi connectivity index (χ3n) is 5.46. The molecule has 0 heterocycles. The van der Waals surface area contributed by atoms with Crippen molar-refractivity contribution in [3.8, 4) is 46.0 Å². The number of hydrogen-bond acceptors (Lipinski definition) is 11. The Balaban J connectivity index is 2.48. The fraction of sp³-hybridized carbons (Fsp3) is 0.414. The number of allylic oxidation sites excluding steroid dienone is 2. The van der Waals surface area contributed by atoms with Crippen LogP contribution in [0.15, 0.2) is 24.3 Å². The number of rotatable bonds is 18. The van der Waals surface area contributed by atoms with Crippen LogP contribution in [-0.2, 0) is 14.3 Å². The molecule has 2 rings (SSSR count). The summed E-state index contributed by atoms with van der Waals surface area (Å²) in [6, 6.07) is 3.35. The normalized spacial score (nSPS) is 11.0. The van der Waals surface area contributed by atoms with E-state index >= 15 is 0 Å². The van der Waals surface area contributed by atoms with Crippen molar-refractivity contribution in [3.63, 3.8) is 0 Å². The highest BCUT2D eigenvalue weighted by molar-refractivity contribution is 6.05. The molecule has 0 saturated carbocycles. The number of benzene rings is 2. The zero-order valence-corrected chi connectivity index (χ0v) is 24.3. The van der Waals surface area contributed by atoms with E-state index in [2.05, 4.69) is 0 Å². The van der Waals surface area contributed by atoms with Crippen LogP contribution < -0.4 is 37.9 Å². The van der Waals surface area contributed by atoms with Crippen LogP contribution in [0.5, 0.6) is 46.0 Å². The monoisotopic (exact) mass is 562 g/mol. The molecule has 0 fully saturated rings. The molecule has 0 N–H and O–H groups in total. The van der Waals surface area contributed by atoms with Crippen LogP contribution in [0.3, 0.4) is 0 Å². The Bertz CT molecular complexity index is 1080. The molecule has 2 aromatic rings. The van der Waals surface area contributed by atoms with Gasteiger partial charge < -0.3 is 47.4 Å². The molecular weight excluding hydrogens is 524 g/mol. The van der Waals surface area contributed by atoms with Crippen molar-refractivity contribution >= 4 is 17.9 Å². The lowest BCUT2D eigenvalue weighted by atomic mass is 10.1. The first-order chi connectivity index (χ1) is 19.4. The highest BCUT2D eigenvalue weighted by Gasteiger charge is 2.22. The summed E-state index contributed by atoms with van der Waals surface area (Å²) in [6.07, 6.45) is 5.92. The largest absolute Gasteiger partial charge is 0.493 e. The van der Waals surface area contributed by atoms with Gasteiger partial charge in [0.05, 0.1) is 42.7 Å². The van der Waals surface area contributed by atoms with E-state index in [0.29, 0.717) is 70.3 Å². The van der Waals surface area contributed by atoms with E-state index in [-0.39, 0.29) is 19.4 Å². The van der Waals surface area contributed by atoms with Gasteiger partial charge in [-0.05, 0) is 50.3 Å². The lowest BCUT2D eigenvalue weighted by Gasteiger charge is -2.18. The van der Waals surface area contributed by atoms with Crippen molar-refractivity contribution in [1.82, 2.24) is 0 Å². The van der Waals surface area contributed by atoms with E-state index in [1.54, 1.807) is 24.3 Å². The van der Waals surface area contributed by atoms with Gasteiger partial charge >= 0.3 is 0 Å². The third kappa shape index (κ3) is 7.96. The summed E-state index contributed by atoms with van der Waals surface area (Å²) in [4.78, 5) is 12.9. The summed E-state index contributed by atoms with van der Waals surface area (Å²) in [6.45, 7) is 4.57. The second-order valence-corrected chi connectivity index (χ2v) is 7.71. The Morgan fingerprint density at radius 1 is 0.575 bits per heavy atom. The van der Waals surface area contributed by atoms with Crippen molar-refractivity contribution in [1.29, 1.82) is 0 Å². The highest BCUT2D eigenvalue weighted by atomic mass is 16.7. The van der Waals surface area contributed by atoms with Crippen LogP contribution in [0.1, 0.15) is 25.0 Å². The molecule has 0 saturated heterocycles. The molecule has 0 aromatic heterocycles.